The van der Waals surface area contributed by atoms with Crippen LogP contribution in [0.4, 0.5) is 0 Å². The number of hydrogen-bond acceptors (Lipinski definition) is 5. The molecule has 0 atom stereocenters. The molecular weight excluding hydrogens is 316 g/mol. The van der Waals surface area contributed by atoms with Crippen molar-refractivity contribution in [1.29, 1.82) is 0 Å². The van der Waals surface area contributed by atoms with Gasteiger partial charge in [0.1, 0.15) is 0 Å². The van der Waals surface area contributed by atoms with Crippen LogP contribution >= 0.6 is 11.3 Å². The number of hydrogen-bond donors (Lipinski definition) is 2. The van der Waals surface area contributed by atoms with E-state index in [2.05, 4.69) is 10.9 Å². The van der Waals surface area contributed by atoms with Gasteiger partial charge in [0, 0.05) is 10.4 Å². The second-order valence-electron chi connectivity index (χ2n) is 5.05. The minimum atomic E-state index is -0.416. The molecule has 1 aliphatic rings. The van der Waals surface area contributed by atoms with Gasteiger partial charge in [-0.3, -0.25) is 20.4 Å². The van der Waals surface area contributed by atoms with Gasteiger partial charge in [0.25, 0.3) is 11.8 Å². The van der Waals surface area contributed by atoms with Crippen LogP contribution in [-0.4, -0.2) is 18.6 Å². The molecule has 0 spiro atoms. The Balaban J connectivity index is 1.63. The van der Waals surface area contributed by atoms with Gasteiger partial charge < -0.3 is 9.47 Å². The standard InChI is InChI=1S/C16H16N2O4S/c1-3-13-9(2)6-14(23-13)16(20)18-17-15(19)10-4-5-11-12(7-10)22-8-21-11/h4-7H,3,8H2,1-2H3,(H,17,19)(H,18,20). The molecule has 0 saturated heterocycles. The number of benzene rings is 1. The summed E-state index contributed by atoms with van der Waals surface area (Å²) >= 11 is 1.43. The zero-order chi connectivity index (χ0) is 16.4. The lowest BCUT2D eigenvalue weighted by molar-refractivity contribution is 0.0848. The van der Waals surface area contributed by atoms with Crippen molar-refractivity contribution in [2.75, 3.05) is 6.79 Å². The van der Waals surface area contributed by atoms with Crippen molar-refractivity contribution in [1.82, 2.24) is 10.9 Å². The third-order valence-electron chi connectivity index (χ3n) is 3.49. The minimum absolute atomic E-state index is 0.147. The molecule has 0 bridgehead atoms. The predicted octanol–water partition coefficient (Wildman–Crippen LogP) is 2.42. The van der Waals surface area contributed by atoms with Crippen LogP contribution in [-0.2, 0) is 6.42 Å². The molecule has 0 radical (unpaired) electrons. The van der Waals surface area contributed by atoms with Crippen molar-refractivity contribution in [3.05, 3.63) is 45.1 Å². The summed E-state index contributed by atoms with van der Waals surface area (Å²) in [6.07, 6.45) is 0.882. The highest BCUT2D eigenvalue weighted by atomic mass is 32.1. The fourth-order valence-corrected chi connectivity index (χ4v) is 3.28. The van der Waals surface area contributed by atoms with E-state index < -0.39 is 5.91 Å². The summed E-state index contributed by atoms with van der Waals surface area (Å²) in [5, 5.41) is 0. The molecule has 0 aliphatic carbocycles. The third-order valence-corrected chi connectivity index (χ3v) is 4.87. The first kappa shape index (κ1) is 15.4. The molecule has 120 valence electrons. The van der Waals surface area contributed by atoms with Gasteiger partial charge in [-0.1, -0.05) is 6.92 Å². The first-order valence-electron chi connectivity index (χ1n) is 7.18. The number of fused-ring (bicyclic) bond motifs is 1. The maximum Gasteiger partial charge on any atom is 0.279 e. The Kier molecular flexibility index (Phi) is 4.20. The predicted molar refractivity (Wildman–Crippen MR) is 85.9 cm³/mol. The first-order valence-corrected chi connectivity index (χ1v) is 7.99. The molecule has 0 saturated carbocycles. The van der Waals surface area contributed by atoms with Gasteiger partial charge in [-0.25, -0.2) is 0 Å². The second kappa shape index (κ2) is 6.29. The second-order valence-corrected chi connectivity index (χ2v) is 6.18. The molecule has 2 amide bonds. The lowest BCUT2D eigenvalue weighted by Gasteiger charge is -2.06. The van der Waals surface area contributed by atoms with Crippen LogP contribution in [0.5, 0.6) is 11.5 Å². The van der Waals surface area contributed by atoms with Gasteiger partial charge in [0.2, 0.25) is 6.79 Å². The van der Waals surface area contributed by atoms with E-state index in [4.69, 9.17) is 9.47 Å². The zero-order valence-corrected chi connectivity index (χ0v) is 13.6. The summed E-state index contributed by atoms with van der Waals surface area (Å²) in [6.45, 7) is 4.16. The summed E-state index contributed by atoms with van der Waals surface area (Å²) in [5.74, 6) is 0.379. The molecule has 2 aromatic rings. The number of hydrazine groups is 1. The Morgan fingerprint density at radius 2 is 1.87 bits per heavy atom. The number of rotatable bonds is 3. The fraction of sp³-hybridized carbons (Fsp3) is 0.250. The van der Waals surface area contributed by atoms with Crippen LogP contribution in [0.15, 0.2) is 24.3 Å². The number of carbonyl (C=O) groups excluding carboxylic acids is 2. The molecule has 6 nitrogen and oxygen atoms in total. The average molecular weight is 332 g/mol. The highest BCUT2D eigenvalue weighted by molar-refractivity contribution is 7.14. The Morgan fingerprint density at radius 3 is 2.61 bits per heavy atom. The van der Waals surface area contributed by atoms with Crippen molar-refractivity contribution >= 4 is 23.2 Å². The van der Waals surface area contributed by atoms with Crippen LogP contribution in [0, 0.1) is 6.92 Å². The Labute approximate surface area is 137 Å². The number of ether oxygens (including phenoxy) is 2. The van der Waals surface area contributed by atoms with E-state index in [1.807, 2.05) is 19.9 Å². The SMILES string of the molecule is CCc1sc(C(=O)NNC(=O)c2ccc3c(c2)OCO3)cc1C. The van der Waals surface area contributed by atoms with Gasteiger partial charge in [-0.2, -0.15) is 0 Å². The van der Waals surface area contributed by atoms with E-state index in [1.54, 1.807) is 18.2 Å². The van der Waals surface area contributed by atoms with E-state index in [-0.39, 0.29) is 12.7 Å². The van der Waals surface area contributed by atoms with Gasteiger partial charge >= 0.3 is 0 Å². The third kappa shape index (κ3) is 3.14. The van der Waals surface area contributed by atoms with Crippen LogP contribution in [0.1, 0.15) is 37.4 Å². The smallest absolute Gasteiger partial charge is 0.279 e. The molecule has 1 aromatic heterocycles. The number of aryl methyl sites for hydroxylation is 2. The number of amides is 2. The quantitative estimate of drug-likeness (QED) is 0.846. The average Bonchev–Trinajstić information content (AvgIpc) is 3.17. The molecule has 1 aromatic carbocycles. The maximum atomic E-state index is 12.1. The monoisotopic (exact) mass is 332 g/mol. The molecular formula is C16H16N2O4S. The van der Waals surface area contributed by atoms with Crippen molar-refractivity contribution in [3.63, 3.8) is 0 Å². The summed E-state index contributed by atoms with van der Waals surface area (Å²) in [7, 11) is 0. The van der Waals surface area contributed by atoms with Crippen LogP contribution in [0.25, 0.3) is 0 Å². The molecule has 0 unspecified atom stereocenters. The Morgan fingerprint density at radius 1 is 1.13 bits per heavy atom. The molecule has 1 aliphatic heterocycles. The molecule has 2 N–H and O–H groups in total. The van der Waals surface area contributed by atoms with Gasteiger partial charge in [-0.05, 0) is 43.2 Å². The number of carbonyl (C=O) groups is 2. The van der Waals surface area contributed by atoms with Gasteiger partial charge in [-0.15, -0.1) is 11.3 Å². The zero-order valence-electron chi connectivity index (χ0n) is 12.8. The maximum absolute atomic E-state index is 12.1. The van der Waals surface area contributed by atoms with Crippen molar-refractivity contribution in [2.45, 2.75) is 20.3 Å². The highest BCUT2D eigenvalue weighted by Gasteiger charge is 2.17. The fourth-order valence-electron chi connectivity index (χ4n) is 2.27. The van der Waals surface area contributed by atoms with Crippen molar-refractivity contribution in [2.24, 2.45) is 0 Å². The first-order chi connectivity index (χ1) is 11.1. The summed E-state index contributed by atoms with van der Waals surface area (Å²) < 4.78 is 10.4. The highest BCUT2D eigenvalue weighted by Crippen LogP contribution is 2.32. The topological polar surface area (TPSA) is 76.7 Å². The van der Waals surface area contributed by atoms with Gasteiger partial charge in [0.05, 0.1) is 4.88 Å². The van der Waals surface area contributed by atoms with Gasteiger partial charge in [0.15, 0.2) is 11.5 Å². The van der Waals surface area contributed by atoms with E-state index >= 15 is 0 Å². The summed E-state index contributed by atoms with van der Waals surface area (Å²) in [6, 6.07) is 6.68. The lowest BCUT2D eigenvalue weighted by atomic mass is 10.2. The van der Waals surface area contributed by atoms with E-state index in [0.717, 1.165) is 16.9 Å². The van der Waals surface area contributed by atoms with Crippen molar-refractivity contribution < 1.29 is 19.1 Å². The van der Waals surface area contributed by atoms with Crippen LogP contribution in [0.3, 0.4) is 0 Å². The van der Waals surface area contributed by atoms with E-state index in [9.17, 15) is 9.59 Å². The number of nitrogens with one attached hydrogen (secondary N) is 2. The normalized spacial score (nSPS) is 12.1. The molecule has 0 fully saturated rings. The molecule has 23 heavy (non-hydrogen) atoms. The molecule has 2 heterocycles. The summed E-state index contributed by atoms with van der Waals surface area (Å²) in [5.41, 5.74) is 6.30. The minimum Gasteiger partial charge on any atom is -0.454 e. The lowest BCUT2D eigenvalue weighted by Crippen LogP contribution is -2.41. The largest absolute Gasteiger partial charge is 0.454 e. The van der Waals surface area contributed by atoms with Crippen LogP contribution < -0.4 is 20.3 Å². The molecule has 3 rings (SSSR count). The number of thiophene rings is 1. The molecule has 7 heteroatoms. The Hall–Kier alpha value is -2.54. The van der Waals surface area contributed by atoms with E-state index in [0.29, 0.717) is 21.9 Å². The van der Waals surface area contributed by atoms with Crippen molar-refractivity contribution in [3.8, 4) is 11.5 Å². The van der Waals surface area contributed by atoms with Crippen LogP contribution in [0.2, 0.25) is 0 Å². The summed E-state index contributed by atoms with van der Waals surface area (Å²) in [4.78, 5) is 25.9. The Bertz CT molecular complexity index is 769. The van der Waals surface area contributed by atoms with E-state index in [1.165, 1.54) is 11.3 Å².